The van der Waals surface area contributed by atoms with Crippen molar-refractivity contribution in [3.05, 3.63) is 42.0 Å². The number of likely N-dealkylation sites (tertiary alicyclic amines) is 1. The van der Waals surface area contributed by atoms with Crippen LogP contribution in [0.25, 0.3) is 0 Å². The van der Waals surface area contributed by atoms with Crippen molar-refractivity contribution in [1.82, 2.24) is 19.9 Å². The fourth-order valence-corrected chi connectivity index (χ4v) is 5.51. The van der Waals surface area contributed by atoms with E-state index in [1.807, 2.05) is 17.0 Å². The summed E-state index contributed by atoms with van der Waals surface area (Å²) in [6, 6.07) is 3.82. The monoisotopic (exact) mass is 469 g/mol. The molecule has 4 rings (SSSR count). The minimum atomic E-state index is -0.750. The summed E-state index contributed by atoms with van der Waals surface area (Å²) in [5.41, 5.74) is 1.58. The van der Waals surface area contributed by atoms with Crippen molar-refractivity contribution in [3.8, 4) is 0 Å². The van der Waals surface area contributed by atoms with Gasteiger partial charge in [-0.2, -0.15) is 0 Å². The van der Waals surface area contributed by atoms with Gasteiger partial charge >= 0.3 is 5.97 Å². The zero-order valence-corrected chi connectivity index (χ0v) is 19.8. The van der Waals surface area contributed by atoms with Crippen molar-refractivity contribution < 1.29 is 14.7 Å². The number of hydrogen-bond acceptors (Lipinski definition) is 7. The molecule has 8 nitrogen and oxygen atoms in total. The molecule has 2 saturated heterocycles. The molecule has 0 bridgehead atoms. The molecule has 2 atom stereocenters. The molecule has 9 heteroatoms. The average Bonchev–Trinajstić information content (AvgIpc) is 3.33. The van der Waals surface area contributed by atoms with Gasteiger partial charge in [-0.25, -0.2) is 4.98 Å². The van der Waals surface area contributed by atoms with Crippen LogP contribution in [-0.4, -0.2) is 68.8 Å². The van der Waals surface area contributed by atoms with Crippen LogP contribution in [0.15, 0.2) is 35.7 Å². The molecule has 1 amide bonds. The van der Waals surface area contributed by atoms with E-state index in [1.54, 1.807) is 30.4 Å². The number of thioether (sulfide) groups is 1. The Balaban J connectivity index is 1.50. The minimum absolute atomic E-state index is 0.0152. The van der Waals surface area contributed by atoms with E-state index in [-0.39, 0.29) is 24.2 Å². The summed E-state index contributed by atoms with van der Waals surface area (Å²) >= 11 is 1.62. The predicted molar refractivity (Wildman–Crippen MR) is 128 cm³/mol. The van der Waals surface area contributed by atoms with Crippen LogP contribution in [0.3, 0.4) is 0 Å². The summed E-state index contributed by atoms with van der Waals surface area (Å²) in [5, 5.41) is 9.94. The molecule has 2 aromatic rings. The van der Waals surface area contributed by atoms with Crippen molar-refractivity contribution in [2.45, 2.75) is 50.0 Å². The lowest BCUT2D eigenvalue weighted by atomic mass is 9.95. The number of rotatable bonds is 8. The lowest BCUT2D eigenvalue weighted by Crippen LogP contribution is -2.37. The third-order valence-corrected chi connectivity index (χ3v) is 7.50. The minimum Gasteiger partial charge on any atom is -0.481 e. The molecule has 2 fully saturated rings. The molecule has 0 saturated carbocycles. The Morgan fingerprint density at radius 1 is 1.18 bits per heavy atom. The summed E-state index contributed by atoms with van der Waals surface area (Å²) in [7, 11) is 0. The molecule has 0 spiro atoms. The van der Waals surface area contributed by atoms with Crippen LogP contribution >= 0.6 is 11.8 Å². The van der Waals surface area contributed by atoms with Crippen LogP contribution in [0, 0.1) is 5.92 Å². The maximum atomic E-state index is 13.4. The standard InChI is InChI=1S/C24H31N5O3S/c1-2-12-33-23-19(24(32)29-11-7-18(16-29)20-14-25-8-9-26-20)5-6-21(27-23)28-10-3-4-17(15-28)13-22(30)31/h5-6,8-9,14,17-18H,2-4,7,10-13,15-16H2,1H3,(H,30,31)/t17-,18?/m0/s1. The Morgan fingerprint density at radius 3 is 2.82 bits per heavy atom. The average molecular weight is 470 g/mol. The largest absolute Gasteiger partial charge is 0.481 e. The highest BCUT2D eigenvalue weighted by Gasteiger charge is 2.31. The zero-order chi connectivity index (χ0) is 23.2. The Bertz CT molecular complexity index is 974. The van der Waals surface area contributed by atoms with Crippen molar-refractivity contribution in [1.29, 1.82) is 0 Å². The second kappa shape index (κ2) is 11.0. The number of carboxylic acid groups (broad SMARTS) is 1. The van der Waals surface area contributed by atoms with Gasteiger partial charge in [-0.15, -0.1) is 11.8 Å². The van der Waals surface area contributed by atoms with Gasteiger partial charge in [0.15, 0.2) is 0 Å². The summed E-state index contributed by atoms with van der Waals surface area (Å²) < 4.78 is 0. The van der Waals surface area contributed by atoms with E-state index in [4.69, 9.17) is 10.1 Å². The van der Waals surface area contributed by atoms with Gasteiger partial charge in [0, 0.05) is 57.1 Å². The van der Waals surface area contributed by atoms with Crippen molar-refractivity contribution in [3.63, 3.8) is 0 Å². The summed E-state index contributed by atoms with van der Waals surface area (Å²) in [4.78, 5) is 42.1. The van der Waals surface area contributed by atoms with Gasteiger partial charge in [0.2, 0.25) is 0 Å². The molecule has 4 heterocycles. The number of amides is 1. The first kappa shape index (κ1) is 23.5. The van der Waals surface area contributed by atoms with Crippen LogP contribution in [0.2, 0.25) is 0 Å². The van der Waals surface area contributed by atoms with Gasteiger partial charge in [-0.3, -0.25) is 19.6 Å². The number of aliphatic carboxylic acids is 1. The Labute approximate surface area is 198 Å². The van der Waals surface area contributed by atoms with E-state index < -0.39 is 5.97 Å². The molecule has 0 aliphatic carbocycles. The Morgan fingerprint density at radius 2 is 2.06 bits per heavy atom. The molecule has 33 heavy (non-hydrogen) atoms. The van der Waals surface area contributed by atoms with Crippen LogP contribution in [-0.2, 0) is 4.79 Å². The normalized spacial score (nSPS) is 20.8. The van der Waals surface area contributed by atoms with Crippen molar-refractivity contribution in [2.24, 2.45) is 5.92 Å². The molecule has 0 radical (unpaired) electrons. The van der Waals surface area contributed by atoms with Crippen LogP contribution in [0.5, 0.6) is 0 Å². The number of anilines is 1. The van der Waals surface area contributed by atoms with E-state index in [9.17, 15) is 9.59 Å². The number of nitrogens with zero attached hydrogens (tertiary/aromatic N) is 5. The summed E-state index contributed by atoms with van der Waals surface area (Å²) in [5.74, 6) is 1.33. The lowest BCUT2D eigenvalue weighted by Gasteiger charge is -2.33. The molecule has 1 N–H and O–H groups in total. The van der Waals surface area contributed by atoms with Crippen LogP contribution in [0.1, 0.15) is 61.0 Å². The zero-order valence-electron chi connectivity index (χ0n) is 19.0. The van der Waals surface area contributed by atoms with Crippen LogP contribution < -0.4 is 4.90 Å². The second-order valence-corrected chi connectivity index (χ2v) is 9.87. The molecular weight excluding hydrogens is 438 g/mol. The number of carbonyl (C=O) groups excluding carboxylic acids is 1. The van der Waals surface area contributed by atoms with E-state index in [2.05, 4.69) is 21.8 Å². The maximum absolute atomic E-state index is 13.4. The van der Waals surface area contributed by atoms with E-state index >= 15 is 0 Å². The molecule has 0 aromatic carbocycles. The molecule has 2 aliphatic heterocycles. The third kappa shape index (κ3) is 5.82. The second-order valence-electron chi connectivity index (χ2n) is 8.79. The van der Waals surface area contributed by atoms with Gasteiger partial charge in [0.25, 0.3) is 5.91 Å². The highest BCUT2D eigenvalue weighted by Crippen LogP contribution is 2.31. The number of hydrogen-bond donors (Lipinski definition) is 1. The maximum Gasteiger partial charge on any atom is 0.303 e. The first-order chi connectivity index (χ1) is 16.0. The smallest absolute Gasteiger partial charge is 0.303 e. The van der Waals surface area contributed by atoms with E-state index in [0.717, 1.165) is 54.5 Å². The fraction of sp³-hybridized carbons (Fsp3) is 0.542. The van der Waals surface area contributed by atoms with Crippen LogP contribution in [0.4, 0.5) is 5.82 Å². The SMILES string of the molecule is CCCSc1nc(N2CCC[C@@H](CC(=O)O)C2)ccc1C(=O)N1CCC(c2cnccn2)C1. The molecule has 2 aliphatic rings. The van der Waals surface area contributed by atoms with Gasteiger partial charge in [-0.1, -0.05) is 6.92 Å². The van der Waals surface area contributed by atoms with Gasteiger partial charge < -0.3 is 14.9 Å². The Hall–Kier alpha value is -2.68. The highest BCUT2D eigenvalue weighted by atomic mass is 32.2. The third-order valence-electron chi connectivity index (χ3n) is 6.30. The molecular formula is C24H31N5O3S. The van der Waals surface area contributed by atoms with Crippen molar-refractivity contribution in [2.75, 3.05) is 36.8 Å². The number of aromatic nitrogens is 3. The first-order valence-corrected chi connectivity index (χ1v) is 12.7. The first-order valence-electron chi connectivity index (χ1n) is 11.7. The summed E-state index contributed by atoms with van der Waals surface area (Å²) in [6.45, 7) is 5.00. The van der Waals surface area contributed by atoms with E-state index in [0.29, 0.717) is 25.2 Å². The lowest BCUT2D eigenvalue weighted by molar-refractivity contribution is -0.138. The quantitative estimate of drug-likeness (QED) is 0.585. The topological polar surface area (TPSA) is 99.5 Å². The van der Waals surface area contributed by atoms with Crippen molar-refractivity contribution >= 4 is 29.5 Å². The molecule has 2 aromatic heterocycles. The number of pyridine rings is 1. The van der Waals surface area contributed by atoms with Gasteiger partial charge in [-0.05, 0) is 49.5 Å². The van der Waals surface area contributed by atoms with E-state index in [1.165, 1.54) is 0 Å². The van der Waals surface area contributed by atoms with Gasteiger partial charge in [0.1, 0.15) is 10.8 Å². The fourth-order valence-electron chi connectivity index (χ4n) is 4.64. The predicted octanol–water partition coefficient (Wildman–Crippen LogP) is 3.69. The molecule has 176 valence electrons. The number of carboxylic acids is 1. The highest BCUT2D eigenvalue weighted by molar-refractivity contribution is 7.99. The number of carbonyl (C=O) groups is 2. The van der Waals surface area contributed by atoms with Gasteiger partial charge in [0.05, 0.1) is 11.3 Å². The summed E-state index contributed by atoms with van der Waals surface area (Å²) in [6.07, 6.45) is 9.09. The molecule has 1 unspecified atom stereocenters. The Kier molecular flexibility index (Phi) is 7.80. The number of piperidine rings is 1.